The third-order valence-electron chi connectivity index (χ3n) is 4.18. The summed E-state index contributed by atoms with van der Waals surface area (Å²) in [6.45, 7) is 4.40. The number of aromatic hydroxyl groups is 1. The second kappa shape index (κ2) is 7.11. The molecule has 2 aromatic rings. The normalized spacial score (nSPS) is 17.6. The first-order valence-electron chi connectivity index (χ1n) is 7.89. The third kappa shape index (κ3) is 3.99. The molecule has 1 aromatic heterocycles. The van der Waals surface area contributed by atoms with Gasteiger partial charge in [-0.25, -0.2) is 4.98 Å². The van der Waals surface area contributed by atoms with Crippen LogP contribution in [0.25, 0.3) is 0 Å². The summed E-state index contributed by atoms with van der Waals surface area (Å²) >= 11 is 1.72. The maximum atomic E-state index is 9.33. The van der Waals surface area contributed by atoms with Gasteiger partial charge < -0.3 is 15.3 Å². The number of anilines is 1. The van der Waals surface area contributed by atoms with E-state index < -0.39 is 0 Å². The van der Waals surface area contributed by atoms with E-state index in [1.807, 2.05) is 23.7 Å². The van der Waals surface area contributed by atoms with Gasteiger partial charge in [0.25, 0.3) is 0 Å². The molecular weight excluding hydrogens is 294 g/mol. The SMILES string of the molecule is CC(Cc1ccc(O)cc1)NC1CCN(c2nccs2)CC1. The first-order chi connectivity index (χ1) is 10.7. The van der Waals surface area contributed by atoms with Gasteiger partial charge in [-0.2, -0.15) is 0 Å². The number of piperidine rings is 1. The molecule has 0 amide bonds. The molecule has 0 aliphatic carbocycles. The van der Waals surface area contributed by atoms with Crippen LogP contribution < -0.4 is 10.2 Å². The Morgan fingerprint density at radius 3 is 2.68 bits per heavy atom. The van der Waals surface area contributed by atoms with Crippen LogP contribution >= 0.6 is 11.3 Å². The molecule has 5 heteroatoms. The number of thiazole rings is 1. The molecule has 2 N–H and O–H groups in total. The van der Waals surface area contributed by atoms with Gasteiger partial charge >= 0.3 is 0 Å². The predicted molar refractivity (Wildman–Crippen MR) is 91.8 cm³/mol. The Hall–Kier alpha value is -1.59. The van der Waals surface area contributed by atoms with Crippen molar-refractivity contribution in [3.05, 3.63) is 41.4 Å². The highest BCUT2D eigenvalue weighted by Crippen LogP contribution is 2.22. The second-order valence-electron chi connectivity index (χ2n) is 6.01. The molecule has 22 heavy (non-hydrogen) atoms. The van der Waals surface area contributed by atoms with Crippen molar-refractivity contribution in [3.8, 4) is 5.75 Å². The smallest absolute Gasteiger partial charge is 0.185 e. The van der Waals surface area contributed by atoms with Crippen LogP contribution in [0.4, 0.5) is 5.13 Å². The Balaban J connectivity index is 1.45. The molecule has 0 saturated carbocycles. The minimum atomic E-state index is 0.332. The number of rotatable bonds is 5. The van der Waals surface area contributed by atoms with Gasteiger partial charge in [0.05, 0.1) is 0 Å². The van der Waals surface area contributed by atoms with E-state index in [0.717, 1.165) is 24.6 Å². The van der Waals surface area contributed by atoms with E-state index in [0.29, 0.717) is 17.8 Å². The van der Waals surface area contributed by atoms with Gasteiger partial charge in [0.15, 0.2) is 5.13 Å². The van der Waals surface area contributed by atoms with Crippen LogP contribution in [0.5, 0.6) is 5.75 Å². The van der Waals surface area contributed by atoms with Crippen LogP contribution in [0.2, 0.25) is 0 Å². The minimum absolute atomic E-state index is 0.332. The summed E-state index contributed by atoms with van der Waals surface area (Å²) in [5, 5.41) is 16.3. The molecule has 4 nitrogen and oxygen atoms in total. The Bertz CT molecular complexity index is 562. The van der Waals surface area contributed by atoms with Gasteiger partial charge in [-0.1, -0.05) is 12.1 Å². The number of hydrogen-bond donors (Lipinski definition) is 2. The second-order valence-corrected chi connectivity index (χ2v) is 6.89. The fourth-order valence-corrected chi connectivity index (χ4v) is 3.75. The zero-order valence-electron chi connectivity index (χ0n) is 12.9. The zero-order valence-corrected chi connectivity index (χ0v) is 13.7. The van der Waals surface area contributed by atoms with E-state index in [-0.39, 0.29) is 0 Å². The molecule has 118 valence electrons. The molecule has 1 unspecified atom stereocenters. The van der Waals surface area contributed by atoms with Crippen molar-refractivity contribution in [1.29, 1.82) is 0 Å². The van der Waals surface area contributed by atoms with E-state index in [2.05, 4.69) is 22.1 Å². The van der Waals surface area contributed by atoms with Crippen molar-refractivity contribution in [2.75, 3.05) is 18.0 Å². The fourth-order valence-electron chi connectivity index (χ4n) is 3.06. The Labute approximate surface area is 135 Å². The number of phenolic OH excluding ortho intramolecular Hbond substituents is 1. The average Bonchev–Trinajstić information content (AvgIpc) is 3.05. The predicted octanol–water partition coefficient (Wildman–Crippen LogP) is 3.04. The molecule has 0 radical (unpaired) electrons. The molecule has 3 rings (SSSR count). The van der Waals surface area contributed by atoms with Crippen LogP contribution in [-0.2, 0) is 6.42 Å². The maximum absolute atomic E-state index is 9.33. The van der Waals surface area contributed by atoms with Crippen molar-refractivity contribution in [2.45, 2.75) is 38.3 Å². The molecule has 2 heterocycles. The highest BCUT2D eigenvalue weighted by molar-refractivity contribution is 7.13. The molecule has 1 aliphatic rings. The van der Waals surface area contributed by atoms with Gasteiger partial charge in [-0.15, -0.1) is 11.3 Å². The van der Waals surface area contributed by atoms with Crippen LogP contribution in [0.15, 0.2) is 35.8 Å². The summed E-state index contributed by atoms with van der Waals surface area (Å²) in [4.78, 5) is 6.77. The summed E-state index contributed by atoms with van der Waals surface area (Å²) in [7, 11) is 0. The van der Waals surface area contributed by atoms with Crippen molar-refractivity contribution in [2.24, 2.45) is 0 Å². The Morgan fingerprint density at radius 1 is 1.32 bits per heavy atom. The van der Waals surface area contributed by atoms with Crippen molar-refractivity contribution in [3.63, 3.8) is 0 Å². The monoisotopic (exact) mass is 317 g/mol. The first kappa shape index (κ1) is 15.3. The highest BCUT2D eigenvalue weighted by Gasteiger charge is 2.21. The summed E-state index contributed by atoms with van der Waals surface area (Å²) in [5.74, 6) is 0.332. The fraction of sp³-hybridized carbons (Fsp3) is 0.471. The third-order valence-corrected chi connectivity index (χ3v) is 5.02. The molecule has 1 aromatic carbocycles. The van der Waals surface area contributed by atoms with Crippen molar-refractivity contribution >= 4 is 16.5 Å². The molecule has 1 fully saturated rings. The summed E-state index contributed by atoms with van der Waals surface area (Å²) in [5.41, 5.74) is 1.26. The van der Waals surface area contributed by atoms with Gasteiger partial charge in [0.2, 0.25) is 0 Å². The summed E-state index contributed by atoms with van der Waals surface area (Å²) in [6, 6.07) is 8.55. The van der Waals surface area contributed by atoms with E-state index in [1.54, 1.807) is 23.5 Å². The van der Waals surface area contributed by atoms with Gasteiger partial charge in [-0.3, -0.25) is 0 Å². The summed E-state index contributed by atoms with van der Waals surface area (Å²) < 4.78 is 0. The topological polar surface area (TPSA) is 48.4 Å². The Kier molecular flexibility index (Phi) is 4.95. The van der Waals surface area contributed by atoms with Gasteiger partial charge in [0, 0.05) is 36.8 Å². The molecule has 1 atom stereocenters. The van der Waals surface area contributed by atoms with E-state index in [4.69, 9.17) is 0 Å². The van der Waals surface area contributed by atoms with Crippen LogP contribution in [0.1, 0.15) is 25.3 Å². The quantitative estimate of drug-likeness (QED) is 0.890. The molecule has 0 bridgehead atoms. The van der Waals surface area contributed by atoms with Crippen LogP contribution in [-0.4, -0.2) is 35.3 Å². The first-order valence-corrected chi connectivity index (χ1v) is 8.77. The van der Waals surface area contributed by atoms with E-state index in [1.165, 1.54) is 18.4 Å². The minimum Gasteiger partial charge on any atom is -0.508 e. The van der Waals surface area contributed by atoms with E-state index in [9.17, 15) is 5.11 Å². The lowest BCUT2D eigenvalue weighted by molar-refractivity contribution is 0.375. The number of phenols is 1. The molecular formula is C17H23N3OS. The number of aromatic nitrogens is 1. The zero-order chi connectivity index (χ0) is 15.4. The highest BCUT2D eigenvalue weighted by atomic mass is 32.1. The Morgan fingerprint density at radius 2 is 2.05 bits per heavy atom. The molecule has 1 saturated heterocycles. The number of nitrogens with one attached hydrogen (secondary N) is 1. The number of hydrogen-bond acceptors (Lipinski definition) is 5. The molecule has 0 spiro atoms. The van der Waals surface area contributed by atoms with Crippen LogP contribution in [0.3, 0.4) is 0 Å². The number of nitrogens with zero attached hydrogens (tertiary/aromatic N) is 2. The van der Waals surface area contributed by atoms with E-state index >= 15 is 0 Å². The van der Waals surface area contributed by atoms with Crippen molar-refractivity contribution in [1.82, 2.24) is 10.3 Å². The van der Waals surface area contributed by atoms with Crippen LogP contribution in [0, 0.1) is 0 Å². The van der Waals surface area contributed by atoms with Gasteiger partial charge in [-0.05, 0) is 43.9 Å². The van der Waals surface area contributed by atoms with Crippen molar-refractivity contribution < 1.29 is 5.11 Å². The lowest BCUT2D eigenvalue weighted by atomic mass is 10.0. The summed E-state index contributed by atoms with van der Waals surface area (Å²) in [6.07, 6.45) is 5.20. The maximum Gasteiger partial charge on any atom is 0.185 e. The lowest BCUT2D eigenvalue weighted by Crippen LogP contribution is -2.46. The standard InChI is InChI=1S/C17H23N3OS/c1-13(12-14-2-4-16(21)5-3-14)19-15-6-9-20(10-7-15)17-18-8-11-22-17/h2-5,8,11,13,15,19,21H,6-7,9-10,12H2,1H3. The average molecular weight is 317 g/mol. The number of benzene rings is 1. The van der Waals surface area contributed by atoms with Gasteiger partial charge in [0.1, 0.15) is 5.75 Å². The lowest BCUT2D eigenvalue weighted by Gasteiger charge is -2.33. The largest absolute Gasteiger partial charge is 0.508 e. The molecule has 1 aliphatic heterocycles.